The van der Waals surface area contributed by atoms with Gasteiger partial charge in [0.15, 0.2) is 0 Å². The molecular weight excluding hydrogens is 671 g/mol. The molecule has 0 fully saturated rings. The molecule has 11 rings (SSSR count). The number of aromatic nitrogens is 3. The van der Waals surface area contributed by atoms with Gasteiger partial charge < -0.3 is 13.7 Å². The average molecular weight is 700 g/mol. The van der Waals surface area contributed by atoms with E-state index in [-0.39, 0.29) is 0 Å². The van der Waals surface area contributed by atoms with Crippen LogP contribution in [0.4, 0.5) is 5.69 Å². The molecule has 0 aliphatic carbocycles. The minimum Gasteiger partial charge on any atom is -0.318 e. The molecule has 11 aromatic rings. The maximum atomic E-state index is 9.65. The van der Waals surface area contributed by atoms with Gasteiger partial charge in [0.05, 0.1) is 57.0 Å². The lowest BCUT2D eigenvalue weighted by molar-refractivity contribution is 1.16. The molecule has 3 heterocycles. The van der Waals surface area contributed by atoms with Crippen LogP contribution in [0.1, 0.15) is 5.56 Å². The largest absolute Gasteiger partial charge is 0.318 e. The van der Waals surface area contributed by atoms with Crippen LogP contribution in [-0.4, -0.2) is 13.7 Å². The Hall–Kier alpha value is -7.86. The molecule has 8 aromatic carbocycles. The first-order valence-corrected chi connectivity index (χ1v) is 18.3. The zero-order chi connectivity index (χ0) is 36.6. The summed E-state index contributed by atoms with van der Waals surface area (Å²) in [7, 11) is 0. The minimum absolute atomic E-state index is 0.611. The summed E-state index contributed by atoms with van der Waals surface area (Å²) in [6, 6.07) is 63.6. The molecule has 3 aromatic heterocycles. The number of hydrogen-bond acceptors (Lipinski definition) is 1. The van der Waals surface area contributed by atoms with Crippen molar-refractivity contribution >= 4 is 71.1 Å². The molecule has 5 heteroatoms. The Morgan fingerprint density at radius 1 is 0.418 bits per heavy atom. The molecule has 0 radical (unpaired) electrons. The number of nitrogens with zero attached hydrogens (tertiary/aromatic N) is 5. The van der Waals surface area contributed by atoms with Crippen LogP contribution in [0.2, 0.25) is 0 Å². The Bertz CT molecular complexity index is 3400. The molecule has 0 N–H and O–H groups in total. The number of benzene rings is 8. The Labute approximate surface area is 316 Å². The van der Waals surface area contributed by atoms with Crippen molar-refractivity contribution in [1.29, 1.82) is 5.26 Å². The Morgan fingerprint density at radius 2 is 0.891 bits per heavy atom. The summed E-state index contributed by atoms with van der Waals surface area (Å²) in [6.45, 7) is 8.20. The van der Waals surface area contributed by atoms with Crippen molar-refractivity contribution in [2.45, 2.75) is 0 Å². The zero-order valence-corrected chi connectivity index (χ0v) is 29.5. The van der Waals surface area contributed by atoms with Crippen molar-refractivity contribution in [3.05, 3.63) is 193 Å². The highest BCUT2D eigenvalue weighted by Crippen LogP contribution is 2.42. The van der Waals surface area contributed by atoms with Crippen LogP contribution in [0.25, 0.3) is 98.5 Å². The molecule has 0 spiro atoms. The first-order chi connectivity index (χ1) is 27.2. The van der Waals surface area contributed by atoms with Gasteiger partial charge in [-0.1, -0.05) is 103 Å². The van der Waals surface area contributed by atoms with E-state index in [1.54, 1.807) is 0 Å². The molecule has 0 aliphatic heterocycles. The molecule has 254 valence electrons. The molecule has 0 saturated carbocycles. The van der Waals surface area contributed by atoms with Crippen LogP contribution in [0, 0.1) is 17.9 Å². The highest BCUT2D eigenvalue weighted by Gasteiger charge is 2.20. The van der Waals surface area contributed by atoms with Crippen molar-refractivity contribution in [2.75, 3.05) is 0 Å². The summed E-state index contributed by atoms with van der Waals surface area (Å²) in [5, 5.41) is 16.5. The summed E-state index contributed by atoms with van der Waals surface area (Å²) >= 11 is 0. The first-order valence-electron chi connectivity index (χ1n) is 18.3. The van der Waals surface area contributed by atoms with Crippen molar-refractivity contribution < 1.29 is 0 Å². The van der Waals surface area contributed by atoms with E-state index < -0.39 is 0 Å². The van der Waals surface area contributed by atoms with E-state index in [0.29, 0.717) is 11.3 Å². The van der Waals surface area contributed by atoms with Crippen molar-refractivity contribution in [3.63, 3.8) is 0 Å². The monoisotopic (exact) mass is 699 g/mol. The third kappa shape index (κ3) is 4.45. The Kier molecular flexibility index (Phi) is 6.61. The van der Waals surface area contributed by atoms with Crippen LogP contribution in [-0.2, 0) is 0 Å². The van der Waals surface area contributed by atoms with E-state index in [4.69, 9.17) is 6.57 Å². The number of nitriles is 1. The summed E-state index contributed by atoms with van der Waals surface area (Å²) < 4.78 is 6.90. The Morgan fingerprint density at radius 3 is 1.47 bits per heavy atom. The lowest BCUT2D eigenvalue weighted by Gasteiger charge is -2.17. The van der Waals surface area contributed by atoms with Crippen LogP contribution in [0.3, 0.4) is 0 Å². The maximum absolute atomic E-state index is 9.65. The number of fused-ring (bicyclic) bond motifs is 9. The third-order valence-corrected chi connectivity index (χ3v) is 11.1. The maximum Gasteiger partial charge on any atom is 0.211 e. The van der Waals surface area contributed by atoms with Crippen LogP contribution >= 0.6 is 0 Å². The molecule has 0 amide bonds. The zero-order valence-electron chi connectivity index (χ0n) is 29.5. The quantitative estimate of drug-likeness (QED) is 0.169. The molecule has 0 atom stereocenters. The van der Waals surface area contributed by atoms with Gasteiger partial charge in [0.1, 0.15) is 0 Å². The number of hydrogen-bond donors (Lipinski definition) is 0. The summed E-state index contributed by atoms with van der Waals surface area (Å²) in [5.74, 6) is 0. The van der Waals surface area contributed by atoms with Crippen LogP contribution in [0.15, 0.2) is 176 Å². The average Bonchev–Trinajstić information content (AvgIpc) is 3.88. The second kappa shape index (κ2) is 11.8. The van der Waals surface area contributed by atoms with Crippen molar-refractivity contribution in [2.24, 2.45) is 0 Å². The van der Waals surface area contributed by atoms with Gasteiger partial charge in [-0.05, 0) is 83.9 Å². The van der Waals surface area contributed by atoms with E-state index in [2.05, 4.69) is 176 Å². The fourth-order valence-corrected chi connectivity index (χ4v) is 8.74. The van der Waals surface area contributed by atoms with E-state index in [1.807, 2.05) is 24.3 Å². The van der Waals surface area contributed by atoms with Crippen molar-refractivity contribution in [3.8, 4) is 34.3 Å². The first kappa shape index (κ1) is 30.7. The standard InChI is InChI=1S/C50H29N5/c1-52-43-16-10-15-36(50(43)55-46-19-8-2-11-37(46)38-12-3-9-20-47(38)55)33-22-24-34(25-23-33)53-44-17-6-5-14-40(44)42-30-35(26-28-49(42)53)54-45-18-7-4-13-39(45)41-29-32(31-51)21-27-48(41)54/h2-30H. The predicted octanol–water partition coefficient (Wildman–Crippen LogP) is 13.1. The Balaban J connectivity index is 1.08. The van der Waals surface area contributed by atoms with Gasteiger partial charge >= 0.3 is 0 Å². The minimum atomic E-state index is 0.611. The van der Waals surface area contributed by atoms with Crippen LogP contribution < -0.4 is 0 Å². The predicted molar refractivity (Wildman–Crippen MR) is 226 cm³/mol. The SMILES string of the molecule is [C-]#[N+]c1cccc(-c2ccc(-n3c4ccccc4c4cc(-n5c6ccccc6c6cc(C#N)ccc65)ccc43)cc2)c1-n1c2ccccc2c2ccccc21. The molecule has 0 aliphatic rings. The molecule has 0 saturated heterocycles. The number of rotatable bonds is 4. The summed E-state index contributed by atoms with van der Waals surface area (Å²) in [4.78, 5) is 4.03. The third-order valence-electron chi connectivity index (χ3n) is 11.1. The smallest absolute Gasteiger partial charge is 0.211 e. The van der Waals surface area contributed by atoms with Gasteiger partial charge in [0.25, 0.3) is 0 Å². The van der Waals surface area contributed by atoms with Crippen molar-refractivity contribution in [1.82, 2.24) is 13.7 Å². The van der Waals surface area contributed by atoms with Gasteiger partial charge in [-0.25, -0.2) is 4.85 Å². The van der Waals surface area contributed by atoms with E-state index in [1.165, 1.54) is 16.2 Å². The summed E-state index contributed by atoms with van der Waals surface area (Å²) in [5.41, 5.74) is 12.9. The van der Waals surface area contributed by atoms with Gasteiger partial charge in [0.2, 0.25) is 5.69 Å². The van der Waals surface area contributed by atoms with E-state index in [0.717, 1.165) is 77.4 Å². The van der Waals surface area contributed by atoms with E-state index in [9.17, 15) is 5.26 Å². The van der Waals surface area contributed by atoms with Gasteiger partial charge in [-0.15, -0.1) is 0 Å². The van der Waals surface area contributed by atoms with Gasteiger partial charge in [0, 0.05) is 43.7 Å². The molecular formula is C50H29N5. The fourth-order valence-electron chi connectivity index (χ4n) is 8.74. The fraction of sp³-hybridized carbons (Fsp3) is 0. The van der Waals surface area contributed by atoms with Gasteiger partial charge in [-0.3, -0.25) is 0 Å². The molecule has 5 nitrogen and oxygen atoms in total. The number of para-hydroxylation sites is 5. The summed E-state index contributed by atoms with van der Waals surface area (Å²) in [6.07, 6.45) is 0. The normalized spacial score (nSPS) is 11.6. The molecule has 0 bridgehead atoms. The van der Waals surface area contributed by atoms with Crippen LogP contribution in [0.5, 0.6) is 0 Å². The molecule has 0 unspecified atom stereocenters. The second-order valence-corrected chi connectivity index (χ2v) is 14.0. The lowest BCUT2D eigenvalue weighted by atomic mass is 10.0. The highest BCUT2D eigenvalue weighted by atomic mass is 15.0. The topological polar surface area (TPSA) is 42.9 Å². The second-order valence-electron chi connectivity index (χ2n) is 14.0. The lowest BCUT2D eigenvalue weighted by Crippen LogP contribution is -1.98. The van der Waals surface area contributed by atoms with E-state index >= 15 is 0 Å². The molecule has 55 heavy (non-hydrogen) atoms. The van der Waals surface area contributed by atoms with Gasteiger partial charge in [-0.2, -0.15) is 5.26 Å². The highest BCUT2D eigenvalue weighted by molar-refractivity contribution is 6.13.